The van der Waals surface area contributed by atoms with Gasteiger partial charge in [0.25, 0.3) is 0 Å². The second kappa shape index (κ2) is 8.83. The normalized spacial score (nSPS) is 31.5. The van der Waals surface area contributed by atoms with Crippen LogP contribution in [0.2, 0.25) is 10.0 Å². The molecule has 0 aliphatic carbocycles. The molecule has 154 valence electrons. The monoisotopic (exact) mass is 428 g/mol. The average Bonchev–Trinajstić information content (AvgIpc) is 3.39. The fraction of sp³-hybridized carbons (Fsp3) is 0.632. The molecule has 1 amide bonds. The Morgan fingerprint density at radius 3 is 2.93 bits per heavy atom. The first-order valence-electron chi connectivity index (χ1n) is 9.73. The summed E-state index contributed by atoms with van der Waals surface area (Å²) in [6, 6.07) is 5.39. The highest BCUT2D eigenvalue weighted by Crippen LogP contribution is 2.28. The van der Waals surface area contributed by atoms with E-state index in [1.54, 1.807) is 11.1 Å². The van der Waals surface area contributed by atoms with Crippen molar-refractivity contribution < 1.29 is 14.4 Å². The molecular formula is C19H26Cl2N4O3. The Kier molecular flexibility index (Phi) is 6.42. The number of hydroxylamine groups is 2. The molecule has 2 N–H and O–H groups in total. The minimum atomic E-state index is -0.279. The molecule has 0 bridgehead atoms. The van der Waals surface area contributed by atoms with Crippen molar-refractivity contribution in [1.29, 1.82) is 0 Å². The van der Waals surface area contributed by atoms with Gasteiger partial charge in [0.05, 0.1) is 22.2 Å². The summed E-state index contributed by atoms with van der Waals surface area (Å²) in [5.41, 5.74) is 4.39. The fourth-order valence-corrected chi connectivity index (χ4v) is 4.41. The lowest BCUT2D eigenvalue weighted by molar-refractivity contribution is -0.175. The highest BCUT2D eigenvalue weighted by molar-refractivity contribution is 6.42. The molecule has 0 spiro atoms. The van der Waals surface area contributed by atoms with Crippen LogP contribution >= 0.6 is 23.2 Å². The van der Waals surface area contributed by atoms with Crippen LogP contribution in [0.3, 0.4) is 0 Å². The third-order valence-electron chi connectivity index (χ3n) is 5.58. The van der Waals surface area contributed by atoms with E-state index in [2.05, 4.69) is 15.8 Å². The smallest absolute Gasteiger partial charge is 0.240 e. The summed E-state index contributed by atoms with van der Waals surface area (Å²) < 4.78 is 5.72. The van der Waals surface area contributed by atoms with Gasteiger partial charge in [-0.25, -0.2) is 5.01 Å². The van der Waals surface area contributed by atoms with E-state index >= 15 is 0 Å². The fourth-order valence-electron chi connectivity index (χ4n) is 4.09. The molecule has 3 aliphatic heterocycles. The molecule has 3 heterocycles. The van der Waals surface area contributed by atoms with Crippen molar-refractivity contribution >= 4 is 29.1 Å². The molecule has 3 fully saturated rings. The standard InChI is InChI=1S/C19H26Cl2N4O3/c1-24-16(8-18(28-24)17-3-2-6-27-17)19(26)23-13-9-22-25(11-13)10-12-4-5-14(20)15(21)7-12/h4-5,7,13,16-18,22H,2-3,6,8-11H2,1H3,(H,23,26). The van der Waals surface area contributed by atoms with Gasteiger partial charge in [0, 0.05) is 39.7 Å². The van der Waals surface area contributed by atoms with Crippen molar-refractivity contribution in [3.05, 3.63) is 33.8 Å². The third-order valence-corrected chi connectivity index (χ3v) is 6.32. The van der Waals surface area contributed by atoms with Crippen LogP contribution in [0.25, 0.3) is 0 Å². The Morgan fingerprint density at radius 2 is 2.18 bits per heavy atom. The number of carbonyl (C=O) groups is 1. The van der Waals surface area contributed by atoms with Gasteiger partial charge in [0.1, 0.15) is 12.1 Å². The van der Waals surface area contributed by atoms with Gasteiger partial charge in [0.15, 0.2) is 0 Å². The van der Waals surface area contributed by atoms with Gasteiger partial charge in [-0.2, -0.15) is 5.06 Å². The second-order valence-corrected chi connectivity index (χ2v) is 8.50. The van der Waals surface area contributed by atoms with E-state index in [1.165, 1.54) is 0 Å². The van der Waals surface area contributed by atoms with Gasteiger partial charge in [-0.3, -0.25) is 15.1 Å². The number of halogens is 2. The zero-order valence-electron chi connectivity index (χ0n) is 15.9. The molecule has 0 aromatic heterocycles. The lowest BCUT2D eigenvalue weighted by Gasteiger charge is -2.20. The van der Waals surface area contributed by atoms with Crippen LogP contribution in [-0.2, 0) is 20.9 Å². The van der Waals surface area contributed by atoms with Gasteiger partial charge < -0.3 is 10.1 Å². The van der Waals surface area contributed by atoms with Crippen LogP contribution in [0.15, 0.2) is 18.2 Å². The maximum Gasteiger partial charge on any atom is 0.240 e. The van der Waals surface area contributed by atoms with Crippen LogP contribution in [0.1, 0.15) is 24.8 Å². The predicted molar refractivity (Wildman–Crippen MR) is 107 cm³/mol. The summed E-state index contributed by atoms with van der Waals surface area (Å²) in [7, 11) is 1.82. The van der Waals surface area contributed by atoms with E-state index in [9.17, 15) is 4.79 Å². The first kappa shape index (κ1) is 20.3. The number of ether oxygens (including phenoxy) is 1. The van der Waals surface area contributed by atoms with E-state index in [-0.39, 0.29) is 30.2 Å². The maximum atomic E-state index is 12.8. The molecule has 4 atom stereocenters. The van der Waals surface area contributed by atoms with Crippen molar-refractivity contribution in [2.45, 2.75) is 50.1 Å². The number of nitrogens with zero attached hydrogens (tertiary/aromatic N) is 2. The molecule has 0 radical (unpaired) electrons. The highest BCUT2D eigenvalue weighted by Gasteiger charge is 2.42. The van der Waals surface area contributed by atoms with E-state index < -0.39 is 0 Å². The Labute approximate surface area is 175 Å². The summed E-state index contributed by atoms with van der Waals surface area (Å²) in [4.78, 5) is 18.6. The van der Waals surface area contributed by atoms with Crippen molar-refractivity contribution in [2.75, 3.05) is 26.7 Å². The van der Waals surface area contributed by atoms with Gasteiger partial charge >= 0.3 is 0 Å². The van der Waals surface area contributed by atoms with Crippen molar-refractivity contribution in [3.8, 4) is 0 Å². The number of likely N-dealkylation sites (N-methyl/N-ethyl adjacent to an activating group) is 1. The molecule has 7 nitrogen and oxygen atoms in total. The Morgan fingerprint density at radius 1 is 1.32 bits per heavy atom. The average molecular weight is 429 g/mol. The summed E-state index contributed by atoms with van der Waals surface area (Å²) in [6.07, 6.45) is 2.81. The topological polar surface area (TPSA) is 66.1 Å². The molecule has 4 unspecified atom stereocenters. The molecule has 9 heteroatoms. The van der Waals surface area contributed by atoms with E-state index in [0.29, 0.717) is 29.6 Å². The number of nitrogens with one attached hydrogen (secondary N) is 2. The number of carbonyl (C=O) groups excluding carboxylic acids is 1. The molecule has 3 aliphatic rings. The number of hydrogen-bond acceptors (Lipinski definition) is 6. The van der Waals surface area contributed by atoms with Crippen LogP contribution in [0.5, 0.6) is 0 Å². The van der Waals surface area contributed by atoms with Gasteiger partial charge in [-0.1, -0.05) is 29.3 Å². The Hall–Kier alpha value is -0.930. The lowest BCUT2D eigenvalue weighted by atomic mass is 10.0. The van der Waals surface area contributed by atoms with E-state index in [0.717, 1.165) is 31.6 Å². The first-order valence-corrected chi connectivity index (χ1v) is 10.5. The van der Waals surface area contributed by atoms with Crippen molar-refractivity contribution in [2.24, 2.45) is 0 Å². The maximum absolute atomic E-state index is 12.8. The molecule has 1 aromatic carbocycles. The van der Waals surface area contributed by atoms with Crippen molar-refractivity contribution in [3.63, 3.8) is 0 Å². The van der Waals surface area contributed by atoms with Crippen LogP contribution < -0.4 is 10.7 Å². The quantitative estimate of drug-likeness (QED) is 0.747. The van der Waals surface area contributed by atoms with Crippen LogP contribution in [0.4, 0.5) is 0 Å². The van der Waals surface area contributed by atoms with E-state index in [4.69, 9.17) is 32.8 Å². The number of benzene rings is 1. The van der Waals surface area contributed by atoms with Gasteiger partial charge in [0.2, 0.25) is 5.91 Å². The number of hydrogen-bond donors (Lipinski definition) is 2. The molecule has 3 saturated heterocycles. The molecule has 28 heavy (non-hydrogen) atoms. The number of hydrazine groups is 1. The second-order valence-electron chi connectivity index (χ2n) is 7.69. The first-order chi connectivity index (χ1) is 13.5. The minimum absolute atomic E-state index is 0.00573. The predicted octanol–water partition coefficient (Wildman–Crippen LogP) is 1.98. The molecular weight excluding hydrogens is 403 g/mol. The largest absolute Gasteiger partial charge is 0.375 e. The van der Waals surface area contributed by atoms with Gasteiger partial charge in [-0.05, 0) is 30.5 Å². The third kappa shape index (κ3) is 4.62. The lowest BCUT2D eigenvalue weighted by Crippen LogP contribution is -2.47. The zero-order chi connectivity index (χ0) is 19.7. The molecule has 1 aromatic rings. The molecule has 0 saturated carbocycles. The van der Waals surface area contributed by atoms with Gasteiger partial charge in [-0.15, -0.1) is 0 Å². The van der Waals surface area contributed by atoms with Crippen LogP contribution in [0, 0.1) is 0 Å². The number of amides is 1. The minimum Gasteiger partial charge on any atom is -0.375 e. The SMILES string of the molecule is CN1OC(C2CCCO2)CC1C(=O)NC1CNN(Cc2ccc(Cl)c(Cl)c2)C1. The Bertz CT molecular complexity index is 716. The Balaban J connectivity index is 1.26. The summed E-state index contributed by atoms with van der Waals surface area (Å²) in [5.74, 6) is 0.00573. The van der Waals surface area contributed by atoms with E-state index in [1.807, 2.05) is 19.2 Å². The summed E-state index contributed by atoms with van der Waals surface area (Å²) in [6.45, 7) is 2.89. The highest BCUT2D eigenvalue weighted by atomic mass is 35.5. The number of rotatable bonds is 5. The van der Waals surface area contributed by atoms with Crippen molar-refractivity contribution in [1.82, 2.24) is 20.8 Å². The zero-order valence-corrected chi connectivity index (χ0v) is 17.4. The summed E-state index contributed by atoms with van der Waals surface area (Å²) >= 11 is 12.1. The van der Waals surface area contributed by atoms with Crippen LogP contribution in [-0.4, -0.2) is 67.0 Å². The summed E-state index contributed by atoms with van der Waals surface area (Å²) in [5, 5.41) is 8.00. The molecule has 4 rings (SSSR count).